The molecule has 0 saturated heterocycles. The maximum atomic E-state index is 13.8. The molecule has 0 saturated carbocycles. The Morgan fingerprint density at radius 1 is 0.591 bits per heavy atom. The smallest absolute Gasteiger partial charge is 0.197 e. The fraction of sp³-hybridized carbons (Fsp3) is 0.286. The molecule has 1 aliphatic rings. The Hall–Kier alpha value is -3.10. The predicted molar refractivity (Wildman–Crippen MR) is 61.0 cm³/mol. The zero-order valence-corrected chi connectivity index (χ0v) is 10.7. The quantitative estimate of drug-likeness (QED) is 0.418. The van der Waals surface area contributed by atoms with Gasteiger partial charge in [-0.25, -0.2) is 17.6 Å². The van der Waals surface area contributed by atoms with E-state index in [1.807, 2.05) is 0 Å². The Bertz CT molecular complexity index is 749. The predicted octanol–water partition coefficient (Wildman–Crippen LogP) is 2.41. The van der Waals surface area contributed by atoms with Gasteiger partial charge in [-0.1, -0.05) is 0 Å². The molecule has 1 aromatic carbocycles. The number of rotatable bonds is 0. The second kappa shape index (κ2) is 4.72. The van der Waals surface area contributed by atoms with Crippen molar-refractivity contribution < 1.29 is 17.6 Å². The Morgan fingerprint density at radius 3 is 1.09 bits per heavy atom. The average Bonchev–Trinajstić information content (AvgIpc) is 2.56. The van der Waals surface area contributed by atoms with E-state index in [9.17, 15) is 38.6 Å². The van der Waals surface area contributed by atoms with E-state index in [1.165, 1.54) is 24.3 Å². The molecule has 0 aliphatic heterocycles. The first-order valence-corrected chi connectivity index (χ1v) is 5.81. The van der Waals surface area contributed by atoms with Crippen molar-refractivity contribution in [2.75, 3.05) is 0 Å². The number of benzene rings is 1. The molecule has 8 heteroatoms. The molecule has 0 spiro atoms. The van der Waals surface area contributed by atoms with Crippen LogP contribution in [0.15, 0.2) is 0 Å². The summed E-state index contributed by atoms with van der Waals surface area (Å²) in [5, 5.41) is 36.8. The zero-order chi connectivity index (χ0) is 16.7. The van der Waals surface area contributed by atoms with Crippen LogP contribution in [0.2, 0.25) is 0 Å². The Morgan fingerprint density at radius 2 is 0.864 bits per heavy atom. The second-order valence-electron chi connectivity index (χ2n) is 4.82. The molecule has 0 atom stereocenters. The van der Waals surface area contributed by atoms with Gasteiger partial charge in [0, 0.05) is 24.0 Å². The van der Waals surface area contributed by atoms with Crippen LogP contribution in [-0.4, -0.2) is 0 Å². The molecule has 2 rings (SSSR count). The summed E-state index contributed by atoms with van der Waals surface area (Å²) in [5.41, 5.74) is -6.05. The lowest BCUT2D eigenvalue weighted by Gasteiger charge is -2.36. The molecule has 0 radical (unpaired) electrons. The van der Waals surface area contributed by atoms with Crippen LogP contribution in [0.1, 0.15) is 11.1 Å². The lowest BCUT2D eigenvalue weighted by atomic mass is 9.57. The fourth-order valence-electron chi connectivity index (χ4n) is 2.51. The maximum absolute atomic E-state index is 13.8. The van der Waals surface area contributed by atoms with E-state index in [0.29, 0.717) is 0 Å². The van der Waals surface area contributed by atoms with Crippen molar-refractivity contribution in [3.05, 3.63) is 34.4 Å². The molecule has 0 N–H and O–H groups in total. The topological polar surface area (TPSA) is 95.2 Å². The van der Waals surface area contributed by atoms with Gasteiger partial charge in [0.05, 0.1) is 24.3 Å². The van der Waals surface area contributed by atoms with Crippen molar-refractivity contribution in [3.63, 3.8) is 0 Å². The van der Waals surface area contributed by atoms with Gasteiger partial charge in [0.1, 0.15) is 0 Å². The minimum Gasteiger partial charge on any atom is -0.203 e. The zero-order valence-electron chi connectivity index (χ0n) is 10.7. The minimum atomic E-state index is -2.32. The molecular formula is C14H4F4N4. The molecule has 0 amide bonds. The van der Waals surface area contributed by atoms with Crippen LogP contribution in [0.3, 0.4) is 0 Å². The average molecular weight is 304 g/mol. The van der Waals surface area contributed by atoms with Crippen LogP contribution in [0, 0.1) is 79.4 Å². The first-order valence-electron chi connectivity index (χ1n) is 5.81. The van der Waals surface area contributed by atoms with Gasteiger partial charge in [-0.05, 0) is 0 Å². The third-order valence-electron chi connectivity index (χ3n) is 3.85. The summed E-state index contributed by atoms with van der Waals surface area (Å²) >= 11 is 0. The summed E-state index contributed by atoms with van der Waals surface area (Å²) in [5.74, 6) is -7.59. The number of hydrogen-bond donors (Lipinski definition) is 0. The van der Waals surface area contributed by atoms with Gasteiger partial charge in [0.2, 0.25) is 0 Å². The fourth-order valence-corrected chi connectivity index (χ4v) is 2.51. The summed E-state index contributed by atoms with van der Waals surface area (Å²) < 4.78 is 54.3. The molecule has 1 aromatic rings. The first-order chi connectivity index (χ1) is 10.3. The van der Waals surface area contributed by atoms with Gasteiger partial charge in [-0.2, -0.15) is 21.0 Å². The third kappa shape index (κ3) is 1.59. The number of nitriles is 4. The summed E-state index contributed by atoms with van der Waals surface area (Å²) in [4.78, 5) is 0. The van der Waals surface area contributed by atoms with Crippen LogP contribution in [0.4, 0.5) is 17.6 Å². The summed E-state index contributed by atoms with van der Waals surface area (Å²) in [6.45, 7) is 0. The van der Waals surface area contributed by atoms with Gasteiger partial charge in [0.25, 0.3) is 0 Å². The van der Waals surface area contributed by atoms with Crippen molar-refractivity contribution in [3.8, 4) is 24.3 Å². The molecular weight excluding hydrogens is 300 g/mol. The molecule has 1 aliphatic carbocycles. The van der Waals surface area contributed by atoms with Crippen LogP contribution >= 0.6 is 0 Å². The number of nitrogens with zero attached hydrogens (tertiary/aromatic N) is 4. The van der Waals surface area contributed by atoms with Gasteiger partial charge in [-0.15, -0.1) is 0 Å². The van der Waals surface area contributed by atoms with Crippen LogP contribution in [0.25, 0.3) is 0 Å². The van der Waals surface area contributed by atoms with E-state index < -0.39 is 58.1 Å². The molecule has 0 heterocycles. The molecule has 0 bridgehead atoms. The van der Waals surface area contributed by atoms with Crippen LogP contribution < -0.4 is 0 Å². The lowest BCUT2D eigenvalue weighted by Crippen LogP contribution is -2.46. The highest BCUT2D eigenvalue weighted by atomic mass is 19.2. The van der Waals surface area contributed by atoms with Crippen LogP contribution in [-0.2, 0) is 12.8 Å². The van der Waals surface area contributed by atoms with Crippen molar-refractivity contribution in [1.82, 2.24) is 0 Å². The van der Waals surface area contributed by atoms with Crippen molar-refractivity contribution in [2.24, 2.45) is 10.8 Å². The normalized spacial score (nSPS) is 17.3. The van der Waals surface area contributed by atoms with Crippen molar-refractivity contribution in [2.45, 2.75) is 12.8 Å². The van der Waals surface area contributed by atoms with E-state index in [4.69, 9.17) is 0 Å². The summed E-state index contributed by atoms with van der Waals surface area (Å²) in [7, 11) is 0. The Balaban J connectivity index is 2.90. The molecule has 0 aromatic heterocycles. The van der Waals surface area contributed by atoms with E-state index in [1.54, 1.807) is 0 Å². The Kier molecular flexibility index (Phi) is 3.28. The largest absolute Gasteiger partial charge is 0.203 e. The van der Waals surface area contributed by atoms with Crippen LogP contribution in [0.5, 0.6) is 0 Å². The Labute approximate surface area is 122 Å². The molecule has 0 fully saturated rings. The van der Waals surface area contributed by atoms with Gasteiger partial charge < -0.3 is 0 Å². The van der Waals surface area contributed by atoms with E-state index >= 15 is 0 Å². The standard InChI is InChI=1S/C14H4F4N4/c15-9-7-1-13(3-19,4-20)14(5-21,6-22)2-8(7)10(16)12(18)11(9)17/h1-2H2. The second-order valence-corrected chi connectivity index (χ2v) is 4.82. The maximum Gasteiger partial charge on any atom is 0.197 e. The van der Waals surface area contributed by atoms with Crippen molar-refractivity contribution in [1.29, 1.82) is 21.0 Å². The lowest BCUT2D eigenvalue weighted by molar-refractivity contribution is 0.257. The summed E-state index contributed by atoms with van der Waals surface area (Å²) in [6, 6.07) is 5.88. The van der Waals surface area contributed by atoms with E-state index in [-0.39, 0.29) is 0 Å². The molecule has 0 unspecified atom stereocenters. The number of hydrogen-bond acceptors (Lipinski definition) is 4. The van der Waals surface area contributed by atoms with Gasteiger partial charge in [-0.3, -0.25) is 0 Å². The van der Waals surface area contributed by atoms with Gasteiger partial charge >= 0.3 is 0 Å². The van der Waals surface area contributed by atoms with Crippen molar-refractivity contribution >= 4 is 0 Å². The van der Waals surface area contributed by atoms with Gasteiger partial charge in [0.15, 0.2) is 34.1 Å². The third-order valence-corrected chi connectivity index (χ3v) is 3.85. The number of fused-ring (bicyclic) bond motifs is 1. The molecule has 108 valence electrons. The highest BCUT2D eigenvalue weighted by Gasteiger charge is 2.59. The molecule has 22 heavy (non-hydrogen) atoms. The first kappa shape index (κ1) is 15.3. The van der Waals surface area contributed by atoms with E-state index in [2.05, 4.69) is 0 Å². The minimum absolute atomic E-state index is 0.708. The number of halogens is 4. The highest BCUT2D eigenvalue weighted by molar-refractivity contribution is 5.47. The molecule has 4 nitrogen and oxygen atoms in total. The SMILES string of the molecule is N#CC1(C#N)Cc2c(F)c(F)c(F)c(F)c2CC1(C#N)C#N. The summed E-state index contributed by atoms with van der Waals surface area (Å²) in [6.07, 6.45) is -1.78. The highest BCUT2D eigenvalue weighted by Crippen LogP contribution is 2.49. The van der Waals surface area contributed by atoms with E-state index in [0.717, 1.165) is 0 Å². The monoisotopic (exact) mass is 304 g/mol.